The summed E-state index contributed by atoms with van der Waals surface area (Å²) in [5.74, 6) is 0. The standard InChI is InChI=1S/C4H10.2HI.Mg/c1-3-4-2;;;/h3-4H2,1-2H3;2*1H;/q;;;+2/p-2. The van der Waals surface area contributed by atoms with Crippen LogP contribution < -0.4 is 48.0 Å². The molecule has 42 valence electrons. The van der Waals surface area contributed by atoms with Gasteiger partial charge in [0, 0.05) is 0 Å². The van der Waals surface area contributed by atoms with Crippen molar-refractivity contribution in [3.05, 3.63) is 0 Å². The van der Waals surface area contributed by atoms with Crippen molar-refractivity contribution in [1.82, 2.24) is 0 Å². The molecule has 0 aromatic heterocycles. The van der Waals surface area contributed by atoms with E-state index < -0.39 is 0 Å². The molecule has 0 unspecified atom stereocenters. The molecule has 0 saturated heterocycles. The zero-order valence-corrected chi connectivity index (χ0v) is 10.6. The van der Waals surface area contributed by atoms with Crippen LogP contribution in [0.3, 0.4) is 0 Å². The molecule has 0 spiro atoms. The number of unbranched alkanes of at least 4 members (excludes halogenated alkanes) is 1. The van der Waals surface area contributed by atoms with Crippen molar-refractivity contribution in [1.29, 1.82) is 0 Å². The summed E-state index contributed by atoms with van der Waals surface area (Å²) >= 11 is 0. The van der Waals surface area contributed by atoms with Gasteiger partial charge in [0.05, 0.1) is 0 Å². The number of hydrogen-bond donors (Lipinski definition) is 0. The van der Waals surface area contributed by atoms with Crippen LogP contribution in [0.2, 0.25) is 0 Å². The van der Waals surface area contributed by atoms with Gasteiger partial charge in [-0.15, -0.1) is 0 Å². The molecule has 0 aliphatic rings. The second-order valence-corrected chi connectivity index (χ2v) is 1.000. The van der Waals surface area contributed by atoms with Gasteiger partial charge in [0.25, 0.3) is 0 Å². The molecule has 0 amide bonds. The minimum Gasteiger partial charge on any atom is -1.00 e. The third-order valence-corrected chi connectivity index (χ3v) is 0.500. The first-order valence-electron chi connectivity index (χ1n) is 1.91. The topological polar surface area (TPSA) is 0 Å². The summed E-state index contributed by atoms with van der Waals surface area (Å²) in [6.07, 6.45) is 2.64. The second kappa shape index (κ2) is 24.1. The van der Waals surface area contributed by atoms with E-state index in [1.54, 1.807) is 0 Å². The van der Waals surface area contributed by atoms with Crippen LogP contribution in [0, 0.1) is 0 Å². The predicted octanol–water partition coefficient (Wildman–Crippen LogP) is -4.57. The van der Waals surface area contributed by atoms with E-state index in [9.17, 15) is 0 Å². The molecule has 0 N–H and O–H groups in total. The average Bonchev–Trinajstić information content (AvgIpc) is 1.37. The van der Waals surface area contributed by atoms with Gasteiger partial charge in [0.2, 0.25) is 0 Å². The Balaban J connectivity index is -0.0000000150. The molecule has 0 aliphatic carbocycles. The third kappa shape index (κ3) is 30.6. The van der Waals surface area contributed by atoms with Crippen molar-refractivity contribution < 1.29 is 48.0 Å². The van der Waals surface area contributed by atoms with Crippen LogP contribution in [-0.2, 0) is 0 Å². The van der Waals surface area contributed by atoms with Crippen LogP contribution in [0.25, 0.3) is 0 Å². The summed E-state index contributed by atoms with van der Waals surface area (Å²) in [6, 6.07) is 0. The van der Waals surface area contributed by atoms with Gasteiger partial charge in [-0.2, -0.15) is 0 Å². The largest absolute Gasteiger partial charge is 2.00 e. The average molecular weight is 336 g/mol. The van der Waals surface area contributed by atoms with Gasteiger partial charge in [-0.1, -0.05) is 26.7 Å². The molecule has 0 aromatic carbocycles. The van der Waals surface area contributed by atoms with Crippen molar-refractivity contribution in [3.8, 4) is 0 Å². The van der Waals surface area contributed by atoms with Gasteiger partial charge in [0.15, 0.2) is 0 Å². The number of rotatable bonds is 1. The second-order valence-electron chi connectivity index (χ2n) is 1.000. The maximum absolute atomic E-state index is 2.18. The van der Waals surface area contributed by atoms with Gasteiger partial charge >= 0.3 is 23.1 Å². The summed E-state index contributed by atoms with van der Waals surface area (Å²) in [4.78, 5) is 0. The van der Waals surface area contributed by atoms with E-state index >= 15 is 0 Å². The van der Waals surface area contributed by atoms with E-state index in [0.29, 0.717) is 0 Å². The number of halogens is 2. The SMILES string of the molecule is CCCC.[I-].[I-].[Mg+2]. The Kier molecular flexibility index (Phi) is 78.5. The molecule has 0 radical (unpaired) electrons. The van der Waals surface area contributed by atoms with Crippen LogP contribution in [0.15, 0.2) is 0 Å². The Morgan fingerprint density at radius 3 is 1.00 bits per heavy atom. The normalized spacial score (nSPS) is 4.29. The summed E-state index contributed by atoms with van der Waals surface area (Å²) in [5.41, 5.74) is 0. The monoisotopic (exact) mass is 336 g/mol. The maximum atomic E-state index is 2.18. The van der Waals surface area contributed by atoms with Crippen molar-refractivity contribution in [2.75, 3.05) is 0 Å². The zero-order valence-electron chi connectivity index (χ0n) is 4.88. The fourth-order valence-electron chi connectivity index (χ4n) is 0. The molecule has 7 heavy (non-hydrogen) atoms. The molecule has 0 nitrogen and oxygen atoms in total. The Hall–Kier alpha value is 2.23. The van der Waals surface area contributed by atoms with Gasteiger partial charge in [-0.05, 0) is 0 Å². The molecule has 0 saturated carbocycles. The molecule has 0 heterocycles. The Labute approximate surface area is 96.4 Å². The first-order chi connectivity index (χ1) is 1.91. The van der Waals surface area contributed by atoms with Gasteiger partial charge in [-0.25, -0.2) is 0 Å². The molecule has 3 heteroatoms. The van der Waals surface area contributed by atoms with Crippen molar-refractivity contribution in [2.24, 2.45) is 0 Å². The minimum absolute atomic E-state index is 0. The van der Waals surface area contributed by atoms with Crippen LogP contribution in [0.1, 0.15) is 26.7 Å². The van der Waals surface area contributed by atoms with E-state index in [1.165, 1.54) is 12.8 Å². The Bertz CT molecular complexity index is 11.7. The summed E-state index contributed by atoms with van der Waals surface area (Å²) in [6.45, 7) is 4.36. The molecule has 0 bridgehead atoms. The summed E-state index contributed by atoms with van der Waals surface area (Å²) in [5, 5.41) is 0. The molecular weight excluding hydrogens is 326 g/mol. The first-order valence-corrected chi connectivity index (χ1v) is 1.91. The molecule has 0 aliphatic heterocycles. The molecule has 0 aromatic rings. The van der Waals surface area contributed by atoms with E-state index in [4.69, 9.17) is 0 Å². The van der Waals surface area contributed by atoms with E-state index in [2.05, 4.69) is 13.8 Å². The Morgan fingerprint density at radius 2 is 1.00 bits per heavy atom. The first kappa shape index (κ1) is 22.9. The Morgan fingerprint density at radius 1 is 0.857 bits per heavy atom. The maximum Gasteiger partial charge on any atom is 2.00 e. The molecular formula is C4H10I2Mg. The van der Waals surface area contributed by atoms with Crippen molar-refractivity contribution in [2.45, 2.75) is 26.7 Å². The fraction of sp³-hybridized carbons (Fsp3) is 1.00. The van der Waals surface area contributed by atoms with E-state index in [-0.39, 0.29) is 71.0 Å². The molecule has 0 fully saturated rings. The zero-order chi connectivity index (χ0) is 3.41. The fourth-order valence-corrected chi connectivity index (χ4v) is 0. The van der Waals surface area contributed by atoms with Crippen LogP contribution in [0.5, 0.6) is 0 Å². The third-order valence-electron chi connectivity index (χ3n) is 0.500. The van der Waals surface area contributed by atoms with Crippen LogP contribution in [-0.4, -0.2) is 23.1 Å². The number of hydrogen-bond acceptors (Lipinski definition) is 0. The van der Waals surface area contributed by atoms with Crippen LogP contribution in [0.4, 0.5) is 0 Å². The van der Waals surface area contributed by atoms with E-state index in [1.807, 2.05) is 0 Å². The predicted molar refractivity (Wildman–Crippen MR) is 26.3 cm³/mol. The van der Waals surface area contributed by atoms with E-state index in [0.717, 1.165) is 0 Å². The van der Waals surface area contributed by atoms with Crippen molar-refractivity contribution in [3.63, 3.8) is 0 Å². The van der Waals surface area contributed by atoms with Crippen LogP contribution >= 0.6 is 0 Å². The quantitative estimate of drug-likeness (QED) is 0.334. The summed E-state index contributed by atoms with van der Waals surface area (Å²) < 4.78 is 0. The minimum atomic E-state index is 0. The van der Waals surface area contributed by atoms with Gasteiger partial charge in [-0.3, -0.25) is 0 Å². The molecule has 0 atom stereocenters. The van der Waals surface area contributed by atoms with Gasteiger partial charge in [0.1, 0.15) is 0 Å². The van der Waals surface area contributed by atoms with Gasteiger partial charge < -0.3 is 48.0 Å². The molecule has 0 rings (SSSR count). The smallest absolute Gasteiger partial charge is 1.00 e. The van der Waals surface area contributed by atoms with Crippen molar-refractivity contribution >= 4 is 23.1 Å². The summed E-state index contributed by atoms with van der Waals surface area (Å²) in [7, 11) is 0.